The average Bonchev–Trinajstić information content (AvgIpc) is 3.33. The molecule has 1 unspecified atom stereocenters. The van der Waals surface area contributed by atoms with Crippen LogP contribution in [0.2, 0.25) is 0 Å². The van der Waals surface area contributed by atoms with Crippen LogP contribution in [0.15, 0.2) is 46.8 Å². The number of nitro benzene ring substituents is 2. The highest BCUT2D eigenvalue weighted by molar-refractivity contribution is 8.00. The highest BCUT2D eigenvalue weighted by atomic mass is 32.2. The van der Waals surface area contributed by atoms with Crippen LogP contribution in [0.4, 0.5) is 11.4 Å². The third-order valence-electron chi connectivity index (χ3n) is 5.00. The Kier molecular flexibility index (Phi) is 8.50. The second-order valence-electron chi connectivity index (χ2n) is 7.41. The van der Waals surface area contributed by atoms with Gasteiger partial charge in [-0.25, -0.2) is 9.59 Å². The molecule has 36 heavy (non-hydrogen) atoms. The second kappa shape index (κ2) is 11.5. The largest absolute Gasteiger partial charge is 0.480 e. The number of hydrogen-bond donors (Lipinski definition) is 3. The SMILES string of the molecule is O=C(Cc1cccs1)N[C@H](C(=O)O)[C@@H]1N=C(C(=O)O)C(/C=C/c2ccc([N+](=O)[O-])cc2[N+](=O)[O-])CS1. The van der Waals surface area contributed by atoms with Crippen molar-refractivity contribution in [1.29, 1.82) is 0 Å². The normalized spacial score (nSPS) is 18.3. The average molecular weight is 535 g/mol. The molecule has 1 aromatic carbocycles. The van der Waals surface area contributed by atoms with Gasteiger partial charge in [-0.15, -0.1) is 23.1 Å². The molecule has 1 aliphatic rings. The number of aliphatic carboxylic acids is 2. The van der Waals surface area contributed by atoms with E-state index in [-0.39, 0.29) is 23.4 Å². The Bertz CT molecular complexity index is 1260. The van der Waals surface area contributed by atoms with Crippen LogP contribution in [0.5, 0.6) is 0 Å². The molecule has 1 amide bonds. The molecule has 0 bridgehead atoms. The standard InChI is InChI=1S/C21H18N4O9S2/c26-16(9-14-2-1-7-35-14)22-18(21(29)30)19-23-17(20(27)28)12(10-36-19)4-3-11-5-6-13(24(31)32)8-15(11)25(33)34/h1-8,12,18-19H,9-10H2,(H,22,26)(H,27,28)(H,29,30)/b4-3+/t12?,18-,19+/m0/s1. The fourth-order valence-corrected chi connectivity index (χ4v) is 5.24. The smallest absolute Gasteiger partial charge is 0.350 e. The molecule has 0 aliphatic carbocycles. The zero-order chi connectivity index (χ0) is 26.4. The van der Waals surface area contributed by atoms with E-state index in [1.165, 1.54) is 29.6 Å². The number of rotatable bonds is 10. The molecule has 3 N–H and O–H groups in total. The molecule has 15 heteroatoms. The molecule has 0 fully saturated rings. The number of thiophene rings is 1. The lowest BCUT2D eigenvalue weighted by Gasteiger charge is -2.28. The van der Waals surface area contributed by atoms with Crippen molar-refractivity contribution in [3.63, 3.8) is 0 Å². The van der Waals surface area contributed by atoms with E-state index < -0.39 is 56.4 Å². The number of carboxylic acid groups (broad SMARTS) is 2. The van der Waals surface area contributed by atoms with Gasteiger partial charge < -0.3 is 15.5 Å². The van der Waals surface area contributed by atoms with Gasteiger partial charge in [0.1, 0.15) is 11.1 Å². The lowest BCUT2D eigenvalue weighted by atomic mass is 10.0. The number of thioether (sulfide) groups is 1. The van der Waals surface area contributed by atoms with Crippen molar-refractivity contribution in [2.75, 3.05) is 5.75 Å². The summed E-state index contributed by atoms with van der Waals surface area (Å²) in [5.74, 6) is -4.12. The van der Waals surface area contributed by atoms with Crippen molar-refractivity contribution in [3.05, 3.63) is 72.5 Å². The van der Waals surface area contributed by atoms with E-state index in [0.29, 0.717) is 0 Å². The maximum absolute atomic E-state index is 12.3. The summed E-state index contributed by atoms with van der Waals surface area (Å²) in [5.41, 5.74) is -1.36. The number of nitrogens with zero attached hydrogens (tertiary/aromatic N) is 3. The monoisotopic (exact) mass is 534 g/mol. The number of carboxylic acids is 2. The van der Waals surface area contributed by atoms with Gasteiger partial charge in [0.25, 0.3) is 11.4 Å². The van der Waals surface area contributed by atoms with Gasteiger partial charge in [0, 0.05) is 22.6 Å². The summed E-state index contributed by atoms with van der Waals surface area (Å²) in [6.07, 6.45) is 2.59. The summed E-state index contributed by atoms with van der Waals surface area (Å²) in [5, 5.41) is 44.6. The Morgan fingerprint density at radius 2 is 1.94 bits per heavy atom. The predicted molar refractivity (Wildman–Crippen MR) is 131 cm³/mol. The van der Waals surface area contributed by atoms with Crippen LogP contribution in [0.1, 0.15) is 10.4 Å². The van der Waals surface area contributed by atoms with Gasteiger partial charge in [0.2, 0.25) is 5.91 Å². The first-order valence-electron chi connectivity index (χ1n) is 10.1. The first-order chi connectivity index (χ1) is 17.1. The molecular formula is C21H18N4O9S2. The minimum atomic E-state index is -1.47. The highest BCUT2D eigenvalue weighted by Gasteiger charge is 2.36. The highest BCUT2D eigenvalue weighted by Crippen LogP contribution is 2.30. The summed E-state index contributed by atoms with van der Waals surface area (Å²) < 4.78 is 0. The number of amides is 1. The summed E-state index contributed by atoms with van der Waals surface area (Å²) >= 11 is 2.35. The number of aliphatic imine (C=N–C) groups is 1. The molecule has 3 rings (SSSR count). The van der Waals surface area contributed by atoms with Gasteiger partial charge in [-0.2, -0.15) is 0 Å². The van der Waals surface area contributed by atoms with Crippen LogP contribution in [-0.2, 0) is 20.8 Å². The number of non-ortho nitro benzene ring substituents is 1. The fourth-order valence-electron chi connectivity index (χ4n) is 3.30. The molecule has 0 saturated carbocycles. The second-order valence-corrected chi connectivity index (χ2v) is 9.59. The number of hydrogen-bond acceptors (Lipinski definition) is 10. The van der Waals surface area contributed by atoms with Crippen molar-refractivity contribution >= 4 is 64.1 Å². The van der Waals surface area contributed by atoms with Crippen LogP contribution in [0, 0.1) is 26.1 Å². The summed E-state index contributed by atoms with van der Waals surface area (Å²) in [6, 6.07) is 5.06. The molecule has 1 aliphatic heterocycles. The number of benzene rings is 1. The van der Waals surface area contributed by atoms with Crippen LogP contribution in [0.25, 0.3) is 6.08 Å². The van der Waals surface area contributed by atoms with Gasteiger partial charge in [-0.05, 0) is 17.5 Å². The summed E-state index contributed by atoms with van der Waals surface area (Å²) in [7, 11) is 0. The van der Waals surface area contributed by atoms with E-state index in [1.54, 1.807) is 17.5 Å². The molecule has 0 radical (unpaired) electrons. The summed E-state index contributed by atoms with van der Waals surface area (Å²) in [6.45, 7) is 0. The quantitative estimate of drug-likeness (QED) is 0.300. The van der Waals surface area contributed by atoms with Gasteiger partial charge in [-0.1, -0.05) is 18.2 Å². The van der Waals surface area contributed by atoms with E-state index in [4.69, 9.17) is 0 Å². The number of nitrogens with one attached hydrogen (secondary N) is 1. The fraction of sp³-hybridized carbons (Fsp3) is 0.238. The van der Waals surface area contributed by atoms with Crippen LogP contribution < -0.4 is 5.32 Å². The first kappa shape index (κ1) is 26.5. The van der Waals surface area contributed by atoms with Gasteiger partial charge >= 0.3 is 11.9 Å². The zero-order valence-corrected chi connectivity index (χ0v) is 19.8. The maximum atomic E-state index is 12.3. The molecule has 0 saturated heterocycles. The molecule has 13 nitrogen and oxygen atoms in total. The topological polar surface area (TPSA) is 202 Å². The Hall–Kier alpha value is -4.11. The lowest BCUT2D eigenvalue weighted by Crippen LogP contribution is -2.49. The van der Waals surface area contributed by atoms with Crippen molar-refractivity contribution in [1.82, 2.24) is 5.32 Å². The van der Waals surface area contributed by atoms with Gasteiger partial charge in [0.05, 0.1) is 27.9 Å². The molecule has 0 spiro atoms. The minimum Gasteiger partial charge on any atom is -0.480 e. The van der Waals surface area contributed by atoms with Crippen LogP contribution in [-0.4, -0.2) is 60.8 Å². The Balaban J connectivity index is 1.82. The molecule has 2 aromatic rings. The summed E-state index contributed by atoms with van der Waals surface area (Å²) in [4.78, 5) is 61.4. The van der Waals surface area contributed by atoms with E-state index >= 15 is 0 Å². The molecule has 1 aromatic heterocycles. The van der Waals surface area contributed by atoms with Gasteiger partial charge in [0.15, 0.2) is 6.04 Å². The Morgan fingerprint density at radius 1 is 1.19 bits per heavy atom. The first-order valence-corrected chi connectivity index (χ1v) is 12.1. The lowest BCUT2D eigenvalue weighted by molar-refractivity contribution is -0.394. The maximum Gasteiger partial charge on any atom is 0.350 e. The van der Waals surface area contributed by atoms with Crippen molar-refractivity contribution in [2.45, 2.75) is 17.8 Å². The Morgan fingerprint density at radius 3 is 2.53 bits per heavy atom. The number of carbonyl (C=O) groups excluding carboxylic acids is 1. The van der Waals surface area contributed by atoms with E-state index in [2.05, 4.69) is 10.3 Å². The third-order valence-corrected chi connectivity index (χ3v) is 7.14. The van der Waals surface area contributed by atoms with Crippen molar-refractivity contribution < 1.29 is 34.4 Å². The minimum absolute atomic E-state index is 0.0201. The Labute approximate surface area is 210 Å². The van der Waals surface area contributed by atoms with E-state index in [1.807, 2.05) is 0 Å². The molecular weight excluding hydrogens is 516 g/mol. The van der Waals surface area contributed by atoms with E-state index in [9.17, 15) is 44.8 Å². The van der Waals surface area contributed by atoms with Crippen LogP contribution >= 0.6 is 23.1 Å². The number of allylic oxidation sites excluding steroid dienone is 1. The molecule has 2 heterocycles. The molecule has 188 valence electrons. The van der Waals surface area contributed by atoms with E-state index in [0.717, 1.165) is 28.8 Å². The van der Waals surface area contributed by atoms with Crippen molar-refractivity contribution in [3.8, 4) is 0 Å². The molecule has 3 atom stereocenters. The zero-order valence-electron chi connectivity index (χ0n) is 18.2. The van der Waals surface area contributed by atoms with Crippen LogP contribution in [0.3, 0.4) is 0 Å². The number of nitro groups is 2. The van der Waals surface area contributed by atoms with Crippen molar-refractivity contribution in [2.24, 2.45) is 10.9 Å². The predicted octanol–water partition coefficient (Wildman–Crippen LogP) is 2.60. The third kappa shape index (κ3) is 6.51. The van der Waals surface area contributed by atoms with Gasteiger partial charge in [-0.3, -0.25) is 30.0 Å². The number of carbonyl (C=O) groups is 3.